The molecule has 0 aliphatic carbocycles. The predicted molar refractivity (Wildman–Crippen MR) is 186 cm³/mol. The van der Waals surface area contributed by atoms with Crippen LogP contribution in [0.4, 0.5) is 17.1 Å². The van der Waals surface area contributed by atoms with Gasteiger partial charge in [0.1, 0.15) is 0 Å². The molecular formula is C42H28N2O. The number of nitrogens with zero attached hydrogens (tertiary/aromatic N) is 2. The Labute approximate surface area is 261 Å². The molecule has 3 heteroatoms. The summed E-state index contributed by atoms with van der Waals surface area (Å²) in [5, 5.41) is 2.37. The molecule has 0 radical (unpaired) electrons. The highest BCUT2D eigenvalue weighted by Gasteiger charge is 2.27. The highest BCUT2D eigenvalue weighted by atomic mass is 16.5. The summed E-state index contributed by atoms with van der Waals surface area (Å²) in [6.07, 6.45) is 0. The Morgan fingerprint density at radius 1 is 0.378 bits per heavy atom. The Kier molecular flexibility index (Phi) is 5.82. The Morgan fingerprint density at radius 3 is 1.49 bits per heavy atom. The second kappa shape index (κ2) is 10.3. The van der Waals surface area contributed by atoms with Crippen LogP contribution in [0.1, 0.15) is 0 Å². The molecule has 0 fully saturated rings. The van der Waals surface area contributed by atoms with Gasteiger partial charge in [-0.1, -0.05) is 121 Å². The van der Waals surface area contributed by atoms with E-state index >= 15 is 0 Å². The maximum Gasteiger partial charge on any atom is 0.152 e. The molecule has 45 heavy (non-hydrogen) atoms. The van der Waals surface area contributed by atoms with Crippen molar-refractivity contribution in [3.63, 3.8) is 0 Å². The zero-order chi connectivity index (χ0) is 29.7. The first-order chi connectivity index (χ1) is 22.3. The van der Waals surface area contributed by atoms with E-state index in [2.05, 4.69) is 167 Å². The van der Waals surface area contributed by atoms with Crippen LogP contribution >= 0.6 is 0 Å². The number of hydrogen-bond acceptors (Lipinski definition) is 2. The van der Waals surface area contributed by atoms with Gasteiger partial charge in [0.15, 0.2) is 11.5 Å². The number of para-hydroxylation sites is 4. The van der Waals surface area contributed by atoms with Crippen molar-refractivity contribution in [2.24, 2.45) is 0 Å². The van der Waals surface area contributed by atoms with Gasteiger partial charge in [0.25, 0.3) is 0 Å². The largest absolute Gasteiger partial charge is 0.453 e. The summed E-state index contributed by atoms with van der Waals surface area (Å²) in [6.45, 7) is 0. The minimum absolute atomic E-state index is 0.857. The number of benzene rings is 7. The van der Waals surface area contributed by atoms with Crippen molar-refractivity contribution < 1.29 is 4.74 Å². The summed E-state index contributed by atoms with van der Waals surface area (Å²) in [5.74, 6) is 1.73. The lowest BCUT2D eigenvalue weighted by Crippen LogP contribution is -2.12. The fraction of sp³-hybridized carbons (Fsp3) is 0. The average molecular weight is 577 g/mol. The van der Waals surface area contributed by atoms with E-state index in [9.17, 15) is 0 Å². The third-order valence-electron chi connectivity index (χ3n) is 8.78. The smallest absolute Gasteiger partial charge is 0.152 e. The molecule has 0 amide bonds. The Hall–Kier alpha value is -6.06. The monoisotopic (exact) mass is 576 g/mol. The number of anilines is 3. The first-order valence-electron chi connectivity index (χ1n) is 15.3. The molecule has 212 valence electrons. The van der Waals surface area contributed by atoms with Crippen LogP contribution in [0.2, 0.25) is 0 Å². The van der Waals surface area contributed by atoms with Gasteiger partial charge in [-0.15, -0.1) is 0 Å². The summed E-state index contributed by atoms with van der Waals surface area (Å²) < 4.78 is 8.81. The van der Waals surface area contributed by atoms with Gasteiger partial charge in [-0.3, -0.25) is 0 Å². The molecule has 1 aliphatic heterocycles. The molecule has 0 saturated carbocycles. The highest BCUT2D eigenvalue weighted by Crippen LogP contribution is 2.49. The maximum atomic E-state index is 6.42. The summed E-state index contributed by atoms with van der Waals surface area (Å²) in [6, 6.07) is 60.2. The van der Waals surface area contributed by atoms with Gasteiger partial charge >= 0.3 is 0 Å². The van der Waals surface area contributed by atoms with Crippen molar-refractivity contribution >= 4 is 38.9 Å². The van der Waals surface area contributed by atoms with Crippen molar-refractivity contribution in [3.05, 3.63) is 170 Å². The van der Waals surface area contributed by atoms with Crippen LogP contribution in [-0.2, 0) is 0 Å². The third-order valence-corrected chi connectivity index (χ3v) is 8.78. The normalized spacial score (nSPS) is 11.7. The molecule has 0 N–H and O–H groups in total. The second-order valence-electron chi connectivity index (χ2n) is 11.4. The van der Waals surface area contributed by atoms with Gasteiger partial charge in [-0.05, 0) is 70.8 Å². The van der Waals surface area contributed by atoms with Crippen LogP contribution in [-0.4, -0.2) is 4.57 Å². The van der Waals surface area contributed by atoms with Gasteiger partial charge in [0.05, 0.1) is 22.4 Å². The van der Waals surface area contributed by atoms with Gasteiger partial charge in [0, 0.05) is 22.1 Å². The van der Waals surface area contributed by atoms with Crippen molar-refractivity contribution in [1.82, 2.24) is 4.57 Å². The Balaban J connectivity index is 1.29. The quantitative estimate of drug-likeness (QED) is 0.203. The topological polar surface area (TPSA) is 17.4 Å². The SMILES string of the molecule is c1ccc(-c2ccc(N(c3ccc(-c4ccccc4)cc3)c3cccc4c5cccc6c5n(c34)-c3ccccc3O6)cc2)cc1. The molecule has 9 rings (SSSR count). The molecule has 8 aromatic rings. The first-order valence-corrected chi connectivity index (χ1v) is 15.3. The number of hydrogen-bond donors (Lipinski definition) is 0. The summed E-state index contributed by atoms with van der Waals surface area (Å²) in [4.78, 5) is 2.38. The Bertz CT molecular complexity index is 2240. The van der Waals surface area contributed by atoms with Crippen LogP contribution < -0.4 is 9.64 Å². The number of ether oxygens (including phenoxy) is 1. The average Bonchev–Trinajstić information content (AvgIpc) is 3.46. The molecule has 0 saturated heterocycles. The molecule has 3 nitrogen and oxygen atoms in total. The van der Waals surface area contributed by atoms with Crippen molar-refractivity contribution in [2.45, 2.75) is 0 Å². The lowest BCUT2D eigenvalue weighted by molar-refractivity contribution is 0.476. The third kappa shape index (κ3) is 4.13. The second-order valence-corrected chi connectivity index (χ2v) is 11.4. The minimum atomic E-state index is 0.857. The molecule has 0 atom stereocenters. The van der Waals surface area contributed by atoms with Crippen LogP contribution in [0.15, 0.2) is 170 Å². The van der Waals surface area contributed by atoms with Crippen molar-refractivity contribution in [2.75, 3.05) is 4.90 Å². The van der Waals surface area contributed by atoms with Crippen LogP contribution in [0.3, 0.4) is 0 Å². The van der Waals surface area contributed by atoms with E-state index < -0.39 is 0 Å². The molecule has 0 unspecified atom stereocenters. The molecule has 1 aromatic heterocycles. The lowest BCUT2D eigenvalue weighted by Gasteiger charge is -2.28. The molecule has 1 aliphatic rings. The van der Waals surface area contributed by atoms with Gasteiger partial charge in [-0.25, -0.2) is 0 Å². The van der Waals surface area contributed by atoms with Gasteiger partial charge < -0.3 is 14.2 Å². The zero-order valence-electron chi connectivity index (χ0n) is 24.5. The van der Waals surface area contributed by atoms with E-state index in [1.54, 1.807) is 0 Å². The summed E-state index contributed by atoms with van der Waals surface area (Å²) in [7, 11) is 0. The fourth-order valence-electron chi connectivity index (χ4n) is 6.71. The molecular weight excluding hydrogens is 548 g/mol. The van der Waals surface area contributed by atoms with Crippen molar-refractivity contribution in [3.8, 4) is 39.4 Å². The standard InChI is InChI=1S/C42H28N2O/c1-3-11-29(12-4-1)31-21-25-33(26-22-31)43(34-27-23-32(24-28-34)30-13-5-2-6-14-30)38-18-9-15-35-36-16-10-20-40-42(36)44(41(35)38)37-17-7-8-19-39(37)45-40/h1-28H. The van der Waals surface area contributed by atoms with Gasteiger partial charge in [0.2, 0.25) is 0 Å². The lowest BCUT2D eigenvalue weighted by atomic mass is 10.0. The van der Waals surface area contributed by atoms with Crippen LogP contribution in [0, 0.1) is 0 Å². The first kappa shape index (κ1) is 25.4. The summed E-state index contributed by atoms with van der Waals surface area (Å²) >= 11 is 0. The van der Waals surface area contributed by atoms with E-state index in [1.165, 1.54) is 33.0 Å². The maximum absolute atomic E-state index is 6.42. The van der Waals surface area contributed by atoms with Gasteiger partial charge in [-0.2, -0.15) is 0 Å². The molecule has 7 aromatic carbocycles. The van der Waals surface area contributed by atoms with E-state index in [4.69, 9.17) is 4.74 Å². The van der Waals surface area contributed by atoms with E-state index in [0.29, 0.717) is 0 Å². The molecule has 2 heterocycles. The molecule has 0 bridgehead atoms. The minimum Gasteiger partial charge on any atom is -0.453 e. The Morgan fingerprint density at radius 2 is 0.867 bits per heavy atom. The van der Waals surface area contributed by atoms with E-state index in [1.807, 2.05) is 12.1 Å². The number of aromatic nitrogens is 1. The van der Waals surface area contributed by atoms with Crippen LogP contribution in [0.25, 0.3) is 49.7 Å². The van der Waals surface area contributed by atoms with Crippen LogP contribution in [0.5, 0.6) is 11.5 Å². The predicted octanol–water partition coefficient (Wildman–Crippen LogP) is 11.7. The zero-order valence-corrected chi connectivity index (χ0v) is 24.5. The highest BCUT2D eigenvalue weighted by molar-refractivity contribution is 6.16. The number of fused-ring (bicyclic) bond motifs is 5. The number of rotatable bonds is 5. The van der Waals surface area contributed by atoms with E-state index in [0.717, 1.165) is 45.3 Å². The fourth-order valence-corrected chi connectivity index (χ4v) is 6.71. The molecule has 0 spiro atoms. The van der Waals surface area contributed by atoms with E-state index in [-0.39, 0.29) is 0 Å². The van der Waals surface area contributed by atoms with Crippen molar-refractivity contribution in [1.29, 1.82) is 0 Å². The summed E-state index contributed by atoms with van der Waals surface area (Å²) in [5.41, 5.74) is 11.4.